The van der Waals surface area contributed by atoms with Crippen molar-refractivity contribution in [3.63, 3.8) is 0 Å². The average Bonchev–Trinajstić information content (AvgIpc) is 2.82. The Balaban J connectivity index is 1.47. The van der Waals surface area contributed by atoms with E-state index in [4.69, 9.17) is 11.0 Å². The molecule has 4 aliphatic rings. The third-order valence-corrected chi connectivity index (χ3v) is 4.93. The van der Waals surface area contributed by atoms with Crippen molar-refractivity contribution in [1.82, 2.24) is 10.2 Å². The van der Waals surface area contributed by atoms with Crippen molar-refractivity contribution >= 4 is 5.91 Å². The molecule has 0 unspecified atom stereocenters. The molecule has 1 saturated heterocycles. The van der Waals surface area contributed by atoms with Gasteiger partial charge in [0, 0.05) is 18.1 Å². The van der Waals surface area contributed by atoms with Gasteiger partial charge in [0.15, 0.2) is 0 Å². The second kappa shape index (κ2) is 4.77. The molecule has 0 spiro atoms. The lowest BCUT2D eigenvalue weighted by Crippen LogP contribution is -2.61. The zero-order valence-corrected chi connectivity index (χ0v) is 11.3. The summed E-state index contributed by atoms with van der Waals surface area (Å²) in [5.74, 6) is 0.819. The number of hydrogen-bond donors (Lipinski definition) is 2. The Morgan fingerprint density at radius 2 is 2.26 bits per heavy atom. The summed E-state index contributed by atoms with van der Waals surface area (Å²) in [4.78, 5) is 13.8. The van der Waals surface area contributed by atoms with Gasteiger partial charge in [-0.05, 0) is 44.4 Å². The molecule has 0 aromatic heterocycles. The lowest BCUT2D eigenvalue weighted by atomic mass is 9.58. The van der Waals surface area contributed by atoms with Gasteiger partial charge in [0.05, 0.1) is 12.6 Å². The molecule has 104 valence electrons. The van der Waals surface area contributed by atoms with Crippen molar-refractivity contribution in [2.24, 2.45) is 11.7 Å². The number of likely N-dealkylation sites (tertiary alicyclic amines) is 1. The van der Waals surface area contributed by atoms with Crippen molar-refractivity contribution in [1.29, 1.82) is 5.26 Å². The van der Waals surface area contributed by atoms with Crippen LogP contribution in [0.25, 0.3) is 0 Å². The first-order valence-electron chi connectivity index (χ1n) is 7.31. The lowest BCUT2D eigenvalue weighted by Gasteiger charge is -2.53. The minimum atomic E-state index is -0.213. The molecule has 1 heterocycles. The Bertz CT molecular complexity index is 410. The highest BCUT2D eigenvalue weighted by Gasteiger charge is 2.47. The minimum absolute atomic E-state index is 0.0342. The molecule has 4 fully saturated rings. The SMILES string of the molecule is N#C[C@@H]1CCCN1C(=O)CN[C@H]1CC2CC(N)(C2)C1. The molecule has 5 nitrogen and oxygen atoms in total. The molecule has 3 N–H and O–H groups in total. The number of nitriles is 1. The molecule has 0 aromatic rings. The summed E-state index contributed by atoms with van der Waals surface area (Å²) in [6.07, 6.45) is 6.21. The third-order valence-electron chi connectivity index (χ3n) is 4.93. The van der Waals surface area contributed by atoms with Crippen LogP contribution in [0.3, 0.4) is 0 Å². The third kappa shape index (κ3) is 2.47. The molecule has 3 aliphatic carbocycles. The number of nitrogens with one attached hydrogen (secondary N) is 1. The lowest BCUT2D eigenvalue weighted by molar-refractivity contribution is -0.130. The van der Waals surface area contributed by atoms with Crippen LogP contribution in [-0.2, 0) is 4.79 Å². The molecule has 3 saturated carbocycles. The smallest absolute Gasteiger partial charge is 0.237 e. The number of carbonyl (C=O) groups is 1. The summed E-state index contributed by atoms with van der Waals surface area (Å²) in [6.45, 7) is 1.08. The van der Waals surface area contributed by atoms with Crippen LogP contribution < -0.4 is 11.1 Å². The van der Waals surface area contributed by atoms with Crippen molar-refractivity contribution in [3.05, 3.63) is 0 Å². The monoisotopic (exact) mass is 262 g/mol. The van der Waals surface area contributed by atoms with Crippen molar-refractivity contribution in [3.8, 4) is 6.07 Å². The Hall–Kier alpha value is -1.12. The van der Waals surface area contributed by atoms with Crippen LogP contribution >= 0.6 is 0 Å². The van der Waals surface area contributed by atoms with Crippen LogP contribution in [0.15, 0.2) is 0 Å². The summed E-state index contributed by atoms with van der Waals surface area (Å²) >= 11 is 0. The van der Waals surface area contributed by atoms with Gasteiger partial charge in [-0.25, -0.2) is 0 Å². The quantitative estimate of drug-likeness (QED) is 0.769. The normalized spacial score (nSPS) is 40.6. The van der Waals surface area contributed by atoms with E-state index in [1.54, 1.807) is 4.90 Å². The van der Waals surface area contributed by atoms with E-state index >= 15 is 0 Å². The van der Waals surface area contributed by atoms with E-state index in [1.165, 1.54) is 0 Å². The van der Waals surface area contributed by atoms with Crippen LogP contribution in [0.2, 0.25) is 0 Å². The Kier molecular flexibility index (Phi) is 3.23. The van der Waals surface area contributed by atoms with E-state index in [2.05, 4.69) is 11.4 Å². The Labute approximate surface area is 114 Å². The van der Waals surface area contributed by atoms with Crippen LogP contribution in [0, 0.1) is 17.2 Å². The molecule has 0 radical (unpaired) electrons. The fourth-order valence-corrected chi connectivity index (χ4v) is 4.09. The first kappa shape index (κ1) is 12.9. The highest BCUT2D eigenvalue weighted by atomic mass is 16.2. The van der Waals surface area contributed by atoms with Gasteiger partial charge in [0.25, 0.3) is 0 Å². The minimum Gasteiger partial charge on any atom is -0.326 e. The number of hydrogen-bond acceptors (Lipinski definition) is 4. The first-order chi connectivity index (χ1) is 9.09. The molecule has 5 heteroatoms. The van der Waals surface area contributed by atoms with E-state index in [-0.39, 0.29) is 17.5 Å². The van der Waals surface area contributed by atoms with Gasteiger partial charge in [-0.2, -0.15) is 5.26 Å². The highest BCUT2D eigenvalue weighted by molar-refractivity contribution is 5.79. The molecule has 2 atom stereocenters. The molecular weight excluding hydrogens is 240 g/mol. The molecule has 1 aliphatic heterocycles. The van der Waals surface area contributed by atoms with E-state index in [9.17, 15) is 4.79 Å². The van der Waals surface area contributed by atoms with Gasteiger partial charge in [-0.3, -0.25) is 4.79 Å². The van der Waals surface area contributed by atoms with E-state index in [0.717, 1.165) is 51.0 Å². The molecule has 2 bridgehead atoms. The first-order valence-corrected chi connectivity index (χ1v) is 7.31. The number of nitrogens with zero attached hydrogens (tertiary/aromatic N) is 2. The van der Waals surface area contributed by atoms with Gasteiger partial charge in [-0.15, -0.1) is 0 Å². The van der Waals surface area contributed by atoms with Crippen LogP contribution in [-0.4, -0.2) is 41.5 Å². The second-order valence-corrected chi connectivity index (χ2v) is 6.53. The topological polar surface area (TPSA) is 82.2 Å². The largest absolute Gasteiger partial charge is 0.326 e. The van der Waals surface area contributed by atoms with Crippen molar-refractivity contribution in [2.75, 3.05) is 13.1 Å². The molecule has 0 aromatic carbocycles. The second-order valence-electron chi connectivity index (χ2n) is 6.53. The summed E-state index contributed by atoms with van der Waals surface area (Å²) in [5.41, 5.74) is 6.26. The number of nitrogens with two attached hydrogens (primary N) is 1. The predicted octanol–water partition coefficient (Wildman–Crippen LogP) is 0.360. The summed E-state index contributed by atoms with van der Waals surface area (Å²) in [6, 6.07) is 2.38. The zero-order chi connectivity index (χ0) is 13.5. The Morgan fingerprint density at radius 3 is 2.95 bits per heavy atom. The number of carbonyl (C=O) groups excluding carboxylic acids is 1. The van der Waals surface area contributed by atoms with E-state index in [0.29, 0.717) is 12.6 Å². The zero-order valence-electron chi connectivity index (χ0n) is 11.3. The molecular formula is C14H22N4O. The van der Waals surface area contributed by atoms with Gasteiger partial charge >= 0.3 is 0 Å². The van der Waals surface area contributed by atoms with Crippen LogP contribution in [0.4, 0.5) is 0 Å². The average molecular weight is 262 g/mol. The van der Waals surface area contributed by atoms with Gasteiger partial charge < -0.3 is 16.0 Å². The van der Waals surface area contributed by atoms with E-state index < -0.39 is 0 Å². The molecule has 1 amide bonds. The maximum atomic E-state index is 12.1. The maximum absolute atomic E-state index is 12.1. The predicted molar refractivity (Wildman–Crippen MR) is 71.0 cm³/mol. The number of amides is 1. The highest BCUT2D eigenvalue weighted by Crippen LogP contribution is 2.47. The summed E-state index contributed by atoms with van der Waals surface area (Å²) < 4.78 is 0. The number of rotatable bonds is 3. The van der Waals surface area contributed by atoms with Crippen LogP contribution in [0.5, 0.6) is 0 Å². The van der Waals surface area contributed by atoms with Crippen LogP contribution in [0.1, 0.15) is 38.5 Å². The summed E-state index contributed by atoms with van der Waals surface area (Å²) in [7, 11) is 0. The van der Waals surface area contributed by atoms with Gasteiger partial charge in [0.1, 0.15) is 6.04 Å². The fraction of sp³-hybridized carbons (Fsp3) is 0.857. The van der Waals surface area contributed by atoms with Gasteiger partial charge in [-0.1, -0.05) is 0 Å². The van der Waals surface area contributed by atoms with E-state index in [1.807, 2.05) is 0 Å². The summed E-state index contributed by atoms with van der Waals surface area (Å²) in [5, 5.41) is 12.3. The van der Waals surface area contributed by atoms with Gasteiger partial charge in [0.2, 0.25) is 5.91 Å². The van der Waals surface area contributed by atoms with Crippen molar-refractivity contribution < 1.29 is 4.79 Å². The fourth-order valence-electron chi connectivity index (χ4n) is 4.09. The van der Waals surface area contributed by atoms with Crippen molar-refractivity contribution in [2.45, 2.75) is 56.1 Å². The number of fused-ring (bicyclic) bond motifs is 2. The molecule has 4 rings (SSSR count). The standard InChI is InChI=1S/C14H22N4O/c15-8-12-2-1-3-18(12)13(19)9-17-11-4-10-5-14(16,6-10)7-11/h10-12,17H,1-7,9,16H2/t10?,11-,12-,14?/m0/s1. The molecule has 19 heavy (non-hydrogen) atoms. The Morgan fingerprint density at radius 1 is 1.47 bits per heavy atom. The maximum Gasteiger partial charge on any atom is 0.237 e.